The van der Waals surface area contributed by atoms with Gasteiger partial charge < -0.3 is 22.8 Å². The molecular formula is C64H100N14O9. The second-order valence-corrected chi connectivity index (χ2v) is 28.3. The summed E-state index contributed by atoms with van der Waals surface area (Å²) >= 11 is 0. The average molecular weight is 1210 g/mol. The van der Waals surface area contributed by atoms with Crippen molar-refractivity contribution in [2.75, 3.05) is 0 Å². The summed E-state index contributed by atoms with van der Waals surface area (Å²) in [6, 6.07) is 6.50. The van der Waals surface area contributed by atoms with Crippen molar-refractivity contribution in [3.63, 3.8) is 0 Å². The van der Waals surface area contributed by atoms with Gasteiger partial charge in [0.2, 0.25) is 0 Å². The molecule has 0 amide bonds. The van der Waals surface area contributed by atoms with Gasteiger partial charge in [-0.05, 0) is 54.6 Å². The van der Waals surface area contributed by atoms with E-state index >= 15 is 0 Å². The van der Waals surface area contributed by atoms with Crippen LogP contribution in [-0.4, -0.2) is 66.5 Å². The van der Waals surface area contributed by atoms with Crippen LogP contribution in [0.1, 0.15) is 179 Å². The van der Waals surface area contributed by atoms with Crippen LogP contribution in [0.4, 0.5) is 0 Å². The molecule has 23 nitrogen and oxygen atoms in total. The van der Waals surface area contributed by atoms with Crippen LogP contribution in [0.3, 0.4) is 0 Å². The first-order valence-electron chi connectivity index (χ1n) is 28.4. The van der Waals surface area contributed by atoms with Gasteiger partial charge in [0, 0.05) is 151 Å². The van der Waals surface area contributed by atoms with Crippen LogP contribution < -0.4 is 50.3 Å². The molecule has 23 heteroatoms. The van der Waals surface area contributed by atoms with E-state index in [1.54, 1.807) is 109 Å². The average Bonchev–Trinajstić information content (AvgIpc) is 2.80. The number of hydrogen-bond donors (Lipinski definition) is 0. The molecular weight excluding hydrogens is 1110 g/mol. The van der Waals surface area contributed by atoms with Gasteiger partial charge in [0.05, 0.1) is 18.3 Å². The maximum absolute atomic E-state index is 11.7. The summed E-state index contributed by atoms with van der Waals surface area (Å²) in [5.41, 5.74) is 2.28. The SMILES string of the molecule is Cn1cc(C(C)(C)C)c(=O)n(C)c1=O.Cn1ccc(=O)n(C(C)(C)C)c1=O.Cn1ccnc(C(C)(C)C)c1=O.Cn1cncc(C(C)(C)C)c1=O.Cn1cncc(C(C)(C)C)c1=O.Cn1nc(C(C)(C)C)ccc1=O.Cn1nccc(C(C)(C)C)c1=O. The van der Waals surface area contributed by atoms with Crippen LogP contribution in [0.5, 0.6) is 0 Å². The smallest absolute Gasteiger partial charge is 0.315 e. The first kappa shape index (κ1) is 76.8. The number of aromatic nitrogens is 14. The van der Waals surface area contributed by atoms with E-state index in [0.717, 1.165) is 27.0 Å². The zero-order chi connectivity index (χ0) is 68.1. The van der Waals surface area contributed by atoms with Gasteiger partial charge in [0.15, 0.2) is 0 Å². The van der Waals surface area contributed by atoms with Gasteiger partial charge in [-0.25, -0.2) is 28.9 Å². The van der Waals surface area contributed by atoms with Gasteiger partial charge in [0.25, 0.3) is 38.9 Å². The van der Waals surface area contributed by atoms with Crippen molar-refractivity contribution in [1.29, 1.82) is 0 Å². The van der Waals surface area contributed by atoms with E-state index in [9.17, 15) is 43.2 Å². The molecule has 7 heterocycles. The Morgan fingerprint density at radius 3 is 1.18 bits per heavy atom. The lowest BCUT2D eigenvalue weighted by atomic mass is 9.88. The third-order valence-electron chi connectivity index (χ3n) is 13.0. The maximum Gasteiger partial charge on any atom is 0.331 e. The standard InChI is InChI=1S/C10H16N2O2.C9H14N2O2.5C9H14N2O/c1-10(2,3)7-6-11(4)9(14)12(5)8(7)13;1-9(2,3)11-7(12)5-6-10(4)8(11)13;2*1-9(2,3)7-5-10-6-11(4)8(7)12;1-9(2,3)7-8(12)11(4)6-5-10-7;1-9(2,3)7-5-6-10-11(4)8(7)12;1-9(2,3)7-5-6-8(12)11(4)10-7/h6H,1-5H3;5-6H,1-4H3;5*5-6H,1-4H3. The molecule has 7 aromatic rings. The van der Waals surface area contributed by atoms with E-state index in [4.69, 9.17) is 0 Å². The van der Waals surface area contributed by atoms with Crippen molar-refractivity contribution < 1.29 is 0 Å². The van der Waals surface area contributed by atoms with E-state index in [-0.39, 0.29) is 82.8 Å². The van der Waals surface area contributed by atoms with Crippen LogP contribution in [-0.2, 0) is 94.4 Å². The molecule has 0 radical (unpaired) electrons. The summed E-state index contributed by atoms with van der Waals surface area (Å²) < 4.78 is 12.5. The Labute approximate surface area is 511 Å². The molecule has 0 atom stereocenters. The van der Waals surface area contributed by atoms with Crippen LogP contribution in [0.2, 0.25) is 0 Å². The van der Waals surface area contributed by atoms with E-state index in [1.165, 1.54) is 64.2 Å². The first-order chi connectivity index (χ1) is 39.2. The molecule has 480 valence electrons. The summed E-state index contributed by atoms with van der Waals surface area (Å²) in [6.45, 7) is 41.6. The molecule has 7 rings (SSSR count). The van der Waals surface area contributed by atoms with Crippen molar-refractivity contribution >= 4 is 0 Å². The first-order valence-corrected chi connectivity index (χ1v) is 28.4. The fourth-order valence-corrected chi connectivity index (χ4v) is 7.54. The van der Waals surface area contributed by atoms with Crippen LogP contribution in [0.25, 0.3) is 0 Å². The van der Waals surface area contributed by atoms with Gasteiger partial charge >= 0.3 is 11.4 Å². The molecule has 87 heavy (non-hydrogen) atoms. The third kappa shape index (κ3) is 22.8. The molecule has 0 fully saturated rings. The Morgan fingerprint density at radius 2 is 0.828 bits per heavy atom. The van der Waals surface area contributed by atoms with Crippen molar-refractivity contribution in [2.24, 2.45) is 56.4 Å². The lowest BCUT2D eigenvalue weighted by Crippen LogP contribution is -2.46. The molecule has 0 saturated carbocycles. The summed E-state index contributed by atoms with van der Waals surface area (Å²) in [5, 5.41) is 8.01. The van der Waals surface area contributed by atoms with Crippen molar-refractivity contribution in [3.05, 3.63) is 207 Å². The van der Waals surface area contributed by atoms with E-state index in [1.807, 2.05) is 125 Å². The van der Waals surface area contributed by atoms with Crippen LogP contribution in [0.15, 0.2) is 123 Å². The van der Waals surface area contributed by atoms with E-state index < -0.39 is 5.54 Å². The Hall–Kier alpha value is -8.24. The van der Waals surface area contributed by atoms with E-state index in [0.29, 0.717) is 11.3 Å². The Balaban J connectivity index is 0.000000508. The largest absolute Gasteiger partial charge is 0.331 e. The monoisotopic (exact) mass is 1210 g/mol. The maximum atomic E-state index is 11.7. The fourth-order valence-electron chi connectivity index (χ4n) is 7.54. The topological polar surface area (TPSA) is 262 Å². The molecule has 0 saturated heterocycles. The lowest BCUT2D eigenvalue weighted by molar-refractivity contribution is 0.358. The zero-order valence-corrected chi connectivity index (χ0v) is 57.4. The second-order valence-electron chi connectivity index (χ2n) is 28.3. The van der Waals surface area contributed by atoms with Gasteiger partial charge in [-0.2, -0.15) is 10.2 Å². The predicted octanol–water partition coefficient (Wildman–Crippen LogP) is 6.07. The minimum Gasteiger partial charge on any atom is -0.315 e. The van der Waals surface area contributed by atoms with E-state index in [2.05, 4.69) is 45.9 Å². The normalized spacial score (nSPS) is 11.7. The predicted molar refractivity (Wildman–Crippen MR) is 347 cm³/mol. The summed E-state index contributed by atoms with van der Waals surface area (Å²) in [5.74, 6) is 0. The highest BCUT2D eigenvalue weighted by molar-refractivity contribution is 5.19. The summed E-state index contributed by atoms with van der Waals surface area (Å²) in [7, 11) is 13.3. The summed E-state index contributed by atoms with van der Waals surface area (Å²) in [6.07, 6.45) is 14.4. The van der Waals surface area contributed by atoms with Gasteiger partial charge in [-0.15, -0.1) is 0 Å². The second kappa shape index (κ2) is 29.9. The Bertz CT molecular complexity index is 3730. The molecule has 0 bridgehead atoms. The minimum atomic E-state index is -0.465. The lowest BCUT2D eigenvalue weighted by Gasteiger charge is -2.21. The summed E-state index contributed by atoms with van der Waals surface area (Å²) in [4.78, 5) is 115. The molecule has 0 aromatic carbocycles. The van der Waals surface area contributed by atoms with Gasteiger partial charge in [-0.3, -0.25) is 47.7 Å². The molecule has 0 aliphatic rings. The van der Waals surface area contributed by atoms with Crippen molar-refractivity contribution in [3.8, 4) is 0 Å². The molecule has 0 aliphatic heterocycles. The minimum absolute atomic E-state index is 0.00542. The Kier molecular flexibility index (Phi) is 26.4. The fraction of sp³-hybridized carbons (Fsp3) is 0.562. The van der Waals surface area contributed by atoms with Crippen LogP contribution >= 0.6 is 0 Å². The van der Waals surface area contributed by atoms with Crippen molar-refractivity contribution in [2.45, 2.75) is 183 Å². The number of rotatable bonds is 0. The van der Waals surface area contributed by atoms with Gasteiger partial charge in [0.1, 0.15) is 5.69 Å². The van der Waals surface area contributed by atoms with Crippen molar-refractivity contribution in [1.82, 2.24) is 66.5 Å². The highest BCUT2D eigenvalue weighted by Gasteiger charge is 2.23. The van der Waals surface area contributed by atoms with Gasteiger partial charge in [-0.1, -0.05) is 125 Å². The Morgan fingerprint density at radius 1 is 0.368 bits per heavy atom. The highest BCUT2D eigenvalue weighted by Crippen LogP contribution is 2.21. The molecule has 0 spiro atoms. The molecule has 0 aliphatic carbocycles. The number of hydrogen-bond acceptors (Lipinski definition) is 14. The number of aryl methyl sites for hydroxylation is 7. The quantitative estimate of drug-likeness (QED) is 0.167. The zero-order valence-electron chi connectivity index (χ0n) is 57.4. The molecule has 0 N–H and O–H groups in total. The molecule has 0 unspecified atom stereocenters. The molecule has 7 aromatic heterocycles. The van der Waals surface area contributed by atoms with Crippen LogP contribution in [0, 0.1) is 0 Å². The number of nitrogens with zero attached hydrogens (tertiary/aromatic N) is 14. The highest BCUT2D eigenvalue weighted by atomic mass is 16.2. The third-order valence-corrected chi connectivity index (χ3v) is 13.0.